The number of rotatable bonds is 2. The van der Waals surface area contributed by atoms with Gasteiger partial charge in [-0.1, -0.05) is 18.2 Å². The molecule has 2 aromatic rings. The van der Waals surface area contributed by atoms with Crippen LogP contribution in [0.25, 0.3) is 6.08 Å². The van der Waals surface area contributed by atoms with Gasteiger partial charge in [-0.2, -0.15) is 0 Å². The van der Waals surface area contributed by atoms with E-state index in [2.05, 4.69) is 4.98 Å². The van der Waals surface area contributed by atoms with Crippen LogP contribution in [-0.2, 0) is 10.0 Å². The van der Waals surface area contributed by atoms with Crippen LogP contribution in [0.15, 0.2) is 59.4 Å². The number of hydrogen-bond donors (Lipinski definition) is 1. The Kier molecular flexibility index (Phi) is 3.27. The van der Waals surface area contributed by atoms with Crippen molar-refractivity contribution in [1.29, 1.82) is 0 Å². The summed E-state index contributed by atoms with van der Waals surface area (Å²) < 4.78 is 27.1. The fourth-order valence-electron chi connectivity index (χ4n) is 2.35. The van der Waals surface area contributed by atoms with Gasteiger partial charge >= 0.3 is 0 Å². The lowest BCUT2D eigenvalue weighted by molar-refractivity contribution is 0.591. The van der Waals surface area contributed by atoms with E-state index in [0.29, 0.717) is 16.9 Å². The van der Waals surface area contributed by atoms with Gasteiger partial charge in [-0.15, -0.1) is 0 Å². The van der Waals surface area contributed by atoms with Crippen LogP contribution >= 0.6 is 0 Å². The second-order valence-electron chi connectivity index (χ2n) is 4.88. The minimum absolute atomic E-state index is 0.193. The minimum atomic E-state index is -3.71. The van der Waals surface area contributed by atoms with Crippen molar-refractivity contribution in [3.8, 4) is 0 Å². The number of aromatic nitrogens is 1. The number of pyridine rings is 1. The Balaban J connectivity index is 2.29. The highest BCUT2D eigenvalue weighted by atomic mass is 32.2. The first kappa shape index (κ1) is 13.8. The van der Waals surface area contributed by atoms with Gasteiger partial charge in [0.15, 0.2) is 0 Å². The summed E-state index contributed by atoms with van der Waals surface area (Å²) >= 11 is 0. The average molecular weight is 301 g/mol. The molecule has 0 bridgehead atoms. The van der Waals surface area contributed by atoms with Gasteiger partial charge in [-0.05, 0) is 36.8 Å². The van der Waals surface area contributed by atoms with E-state index < -0.39 is 16.1 Å². The van der Waals surface area contributed by atoms with Gasteiger partial charge in [0, 0.05) is 18.4 Å². The maximum absolute atomic E-state index is 12.9. The molecular formula is C15H15N3O2S. The third-order valence-corrected chi connectivity index (χ3v) is 5.13. The fourth-order valence-corrected chi connectivity index (χ4v) is 4.06. The Labute approximate surface area is 123 Å². The molecule has 1 aromatic heterocycles. The van der Waals surface area contributed by atoms with Crippen LogP contribution < -0.4 is 10.0 Å². The molecule has 1 atom stereocenters. The highest BCUT2D eigenvalue weighted by Gasteiger charge is 2.35. The first-order valence-electron chi connectivity index (χ1n) is 6.53. The maximum Gasteiger partial charge on any atom is 0.270 e. The highest BCUT2D eigenvalue weighted by molar-refractivity contribution is 7.93. The molecule has 0 unspecified atom stereocenters. The summed E-state index contributed by atoms with van der Waals surface area (Å²) in [5.41, 5.74) is 7.71. The van der Waals surface area contributed by atoms with Crippen LogP contribution in [0.3, 0.4) is 0 Å². The summed E-state index contributed by atoms with van der Waals surface area (Å²) in [5.74, 6) is 0. The molecule has 0 saturated heterocycles. The Hall–Kier alpha value is -2.18. The number of nitrogens with two attached hydrogens (primary N) is 1. The van der Waals surface area contributed by atoms with Crippen LogP contribution in [-0.4, -0.2) is 19.4 Å². The molecule has 6 heteroatoms. The van der Waals surface area contributed by atoms with Crippen LogP contribution in [0.4, 0.5) is 5.69 Å². The number of hydrogen-bond acceptors (Lipinski definition) is 4. The van der Waals surface area contributed by atoms with E-state index in [4.69, 9.17) is 5.73 Å². The van der Waals surface area contributed by atoms with Crippen LogP contribution in [0.5, 0.6) is 0 Å². The molecule has 3 rings (SSSR count). The quantitative estimate of drug-likeness (QED) is 0.920. The van der Waals surface area contributed by atoms with Gasteiger partial charge in [0.05, 0.1) is 11.4 Å². The molecule has 21 heavy (non-hydrogen) atoms. The number of benzene rings is 1. The molecule has 2 heterocycles. The van der Waals surface area contributed by atoms with Crippen molar-refractivity contribution in [2.24, 2.45) is 5.73 Å². The van der Waals surface area contributed by atoms with Gasteiger partial charge in [0.25, 0.3) is 10.0 Å². The number of fused-ring (bicyclic) bond motifs is 1. The monoisotopic (exact) mass is 301 g/mol. The summed E-state index contributed by atoms with van der Waals surface area (Å²) in [7, 11) is -3.71. The van der Waals surface area contributed by atoms with Gasteiger partial charge in [-0.3, -0.25) is 4.98 Å². The standard InChI is InChI=1S/C15H15N3O2S/c1-11(16)14-9-12-7-8-17-10-15(12)21(19,20)18(14)13-5-3-2-4-6-13/h2-11H,16H2,1H3/t11-/m0/s1. The summed E-state index contributed by atoms with van der Waals surface area (Å²) in [6.07, 6.45) is 4.74. The molecule has 5 nitrogen and oxygen atoms in total. The number of sulfonamides is 1. The Morgan fingerprint density at radius 3 is 2.57 bits per heavy atom. The highest BCUT2D eigenvalue weighted by Crippen LogP contribution is 2.35. The molecule has 1 aliphatic rings. The molecule has 2 N–H and O–H groups in total. The van der Waals surface area contributed by atoms with E-state index in [1.807, 2.05) is 6.07 Å². The summed E-state index contributed by atoms with van der Waals surface area (Å²) in [4.78, 5) is 4.12. The fraction of sp³-hybridized carbons (Fsp3) is 0.133. The van der Waals surface area contributed by atoms with E-state index >= 15 is 0 Å². The molecule has 0 aliphatic carbocycles. The molecule has 0 saturated carbocycles. The van der Waals surface area contributed by atoms with Crippen molar-refractivity contribution < 1.29 is 8.42 Å². The maximum atomic E-state index is 12.9. The Morgan fingerprint density at radius 1 is 1.19 bits per heavy atom. The van der Waals surface area contributed by atoms with Crippen molar-refractivity contribution in [3.63, 3.8) is 0 Å². The topological polar surface area (TPSA) is 76.3 Å². The first-order chi connectivity index (χ1) is 10.0. The first-order valence-corrected chi connectivity index (χ1v) is 7.97. The lowest BCUT2D eigenvalue weighted by Gasteiger charge is -2.32. The zero-order valence-electron chi connectivity index (χ0n) is 11.5. The van der Waals surface area contributed by atoms with Crippen molar-refractivity contribution in [3.05, 3.63) is 60.1 Å². The summed E-state index contributed by atoms with van der Waals surface area (Å²) in [6, 6.07) is 10.2. The van der Waals surface area contributed by atoms with E-state index in [1.165, 1.54) is 10.5 Å². The molecule has 0 spiro atoms. The van der Waals surface area contributed by atoms with E-state index in [-0.39, 0.29) is 4.90 Å². The van der Waals surface area contributed by atoms with Crippen molar-refractivity contribution in [2.75, 3.05) is 4.31 Å². The van der Waals surface area contributed by atoms with Crippen LogP contribution in [0.2, 0.25) is 0 Å². The second-order valence-corrected chi connectivity index (χ2v) is 6.63. The smallest absolute Gasteiger partial charge is 0.270 e. The zero-order chi connectivity index (χ0) is 15.0. The Morgan fingerprint density at radius 2 is 1.90 bits per heavy atom. The summed E-state index contributed by atoms with van der Waals surface area (Å²) in [6.45, 7) is 1.77. The average Bonchev–Trinajstić information content (AvgIpc) is 2.47. The lowest BCUT2D eigenvalue weighted by Crippen LogP contribution is -2.40. The third-order valence-electron chi connectivity index (χ3n) is 3.33. The van der Waals surface area contributed by atoms with Gasteiger partial charge in [0.1, 0.15) is 4.90 Å². The van der Waals surface area contributed by atoms with E-state index in [9.17, 15) is 8.42 Å². The lowest BCUT2D eigenvalue weighted by atomic mass is 10.1. The van der Waals surface area contributed by atoms with Gasteiger partial charge < -0.3 is 5.73 Å². The SMILES string of the molecule is C[C@H](N)C1=Cc2ccncc2S(=O)(=O)N1c1ccccc1. The zero-order valence-corrected chi connectivity index (χ0v) is 12.3. The van der Waals surface area contributed by atoms with Gasteiger partial charge in [-0.25, -0.2) is 12.7 Å². The number of para-hydroxylation sites is 1. The normalized spacial score (nSPS) is 17.8. The Bertz CT molecular complexity index is 799. The molecule has 0 amide bonds. The van der Waals surface area contributed by atoms with Crippen molar-refractivity contribution in [1.82, 2.24) is 4.98 Å². The van der Waals surface area contributed by atoms with E-state index in [0.717, 1.165) is 0 Å². The predicted molar refractivity (Wildman–Crippen MR) is 82.0 cm³/mol. The molecule has 108 valence electrons. The minimum Gasteiger partial charge on any atom is -0.323 e. The predicted octanol–water partition coefficient (Wildman–Crippen LogP) is 1.98. The third kappa shape index (κ3) is 2.22. The van der Waals surface area contributed by atoms with Crippen molar-refractivity contribution >= 4 is 21.8 Å². The summed E-state index contributed by atoms with van der Waals surface area (Å²) in [5, 5.41) is 0. The molecule has 0 radical (unpaired) electrons. The molecule has 1 aromatic carbocycles. The number of anilines is 1. The van der Waals surface area contributed by atoms with E-state index in [1.54, 1.807) is 49.5 Å². The molecular weight excluding hydrogens is 286 g/mol. The molecule has 0 fully saturated rings. The largest absolute Gasteiger partial charge is 0.323 e. The number of nitrogens with zero attached hydrogens (tertiary/aromatic N) is 2. The van der Waals surface area contributed by atoms with Crippen molar-refractivity contribution in [2.45, 2.75) is 17.9 Å². The van der Waals surface area contributed by atoms with Crippen LogP contribution in [0.1, 0.15) is 12.5 Å². The second kappa shape index (κ2) is 4.98. The van der Waals surface area contributed by atoms with Gasteiger partial charge in [0.2, 0.25) is 0 Å². The molecule has 1 aliphatic heterocycles. The van der Waals surface area contributed by atoms with Crippen LogP contribution in [0, 0.1) is 0 Å².